The van der Waals surface area contributed by atoms with Crippen molar-refractivity contribution in [2.75, 3.05) is 18.0 Å². The molecule has 4 rings (SSSR count). The largest absolute Gasteiger partial charge is 0.325 e. The summed E-state index contributed by atoms with van der Waals surface area (Å²) in [5.41, 5.74) is 0.407. The lowest BCUT2D eigenvalue weighted by molar-refractivity contribution is -0.134. The fourth-order valence-corrected chi connectivity index (χ4v) is 3.88. The number of carbonyl (C=O) groups is 3. The molecule has 1 N–H and O–H groups in total. The molecule has 0 aliphatic carbocycles. The molecule has 1 fully saturated rings. The lowest BCUT2D eigenvalue weighted by atomic mass is 9.92. The number of urea groups is 1. The second kappa shape index (κ2) is 6.74. The molecule has 2 aliphatic rings. The van der Waals surface area contributed by atoms with Crippen molar-refractivity contribution in [1.29, 1.82) is 0 Å². The fraction of sp³-hybridized carbons (Fsp3) is 0.286. The van der Waals surface area contributed by atoms with Gasteiger partial charge in [0.1, 0.15) is 17.9 Å². The summed E-state index contributed by atoms with van der Waals surface area (Å²) in [6, 6.07) is 13.0. The molecule has 28 heavy (non-hydrogen) atoms. The second-order valence-electron chi connectivity index (χ2n) is 7.21. The lowest BCUT2D eigenvalue weighted by Gasteiger charge is -2.31. The Morgan fingerprint density at radius 3 is 2.64 bits per heavy atom. The van der Waals surface area contributed by atoms with Crippen LogP contribution in [0.3, 0.4) is 0 Å². The summed E-state index contributed by atoms with van der Waals surface area (Å²) in [5, 5.41) is 2.68. The van der Waals surface area contributed by atoms with Crippen LogP contribution in [0.25, 0.3) is 0 Å². The number of amides is 4. The molecule has 0 saturated carbocycles. The third kappa shape index (κ3) is 2.83. The zero-order valence-electron chi connectivity index (χ0n) is 15.4. The van der Waals surface area contributed by atoms with Crippen LogP contribution in [0.15, 0.2) is 48.5 Å². The Kier molecular flexibility index (Phi) is 4.37. The Morgan fingerprint density at radius 1 is 1.14 bits per heavy atom. The van der Waals surface area contributed by atoms with Crippen LogP contribution >= 0.6 is 0 Å². The first-order valence-electron chi connectivity index (χ1n) is 9.19. The molecule has 4 amide bonds. The molecule has 0 radical (unpaired) electrons. The fourth-order valence-electron chi connectivity index (χ4n) is 3.88. The van der Waals surface area contributed by atoms with Crippen molar-refractivity contribution in [3.8, 4) is 0 Å². The number of anilines is 1. The van der Waals surface area contributed by atoms with Crippen molar-refractivity contribution in [1.82, 2.24) is 10.2 Å². The van der Waals surface area contributed by atoms with Gasteiger partial charge in [0.05, 0.1) is 5.69 Å². The summed E-state index contributed by atoms with van der Waals surface area (Å²) < 4.78 is 14.3. The molecular weight excluding hydrogens is 361 g/mol. The number of hydrogen-bond donors (Lipinski definition) is 1. The van der Waals surface area contributed by atoms with Crippen molar-refractivity contribution < 1.29 is 18.8 Å². The third-order valence-corrected chi connectivity index (χ3v) is 5.39. The van der Waals surface area contributed by atoms with Crippen LogP contribution in [-0.4, -0.2) is 35.8 Å². The van der Waals surface area contributed by atoms with E-state index in [0.29, 0.717) is 24.9 Å². The van der Waals surface area contributed by atoms with Gasteiger partial charge in [0, 0.05) is 6.54 Å². The van der Waals surface area contributed by atoms with Crippen LogP contribution in [0.5, 0.6) is 0 Å². The van der Waals surface area contributed by atoms with Crippen LogP contribution in [0.2, 0.25) is 0 Å². The molecule has 1 atom stereocenters. The minimum absolute atomic E-state index is 0.247. The number of carbonyl (C=O) groups excluding carboxylic acids is 3. The molecule has 2 heterocycles. The van der Waals surface area contributed by atoms with Crippen molar-refractivity contribution >= 4 is 23.5 Å². The van der Waals surface area contributed by atoms with Gasteiger partial charge in [0.15, 0.2) is 0 Å². The van der Waals surface area contributed by atoms with Gasteiger partial charge >= 0.3 is 6.03 Å². The van der Waals surface area contributed by atoms with Crippen molar-refractivity contribution in [2.24, 2.45) is 0 Å². The van der Waals surface area contributed by atoms with Crippen LogP contribution in [0, 0.1) is 5.82 Å². The van der Waals surface area contributed by atoms with Gasteiger partial charge in [0.25, 0.3) is 5.91 Å². The van der Waals surface area contributed by atoms with Gasteiger partial charge in [0.2, 0.25) is 5.91 Å². The van der Waals surface area contributed by atoms with E-state index in [1.807, 2.05) is 6.07 Å². The maximum absolute atomic E-state index is 14.3. The summed E-state index contributed by atoms with van der Waals surface area (Å²) in [4.78, 5) is 40.6. The first-order chi connectivity index (χ1) is 13.4. The molecule has 0 spiro atoms. The maximum atomic E-state index is 14.3. The van der Waals surface area contributed by atoms with E-state index in [0.717, 1.165) is 10.5 Å². The first kappa shape index (κ1) is 18.2. The minimum atomic E-state index is -1.23. The topological polar surface area (TPSA) is 69.7 Å². The predicted molar refractivity (Wildman–Crippen MR) is 101 cm³/mol. The number of imide groups is 1. The number of nitrogens with zero attached hydrogens (tertiary/aromatic N) is 2. The van der Waals surface area contributed by atoms with Crippen molar-refractivity contribution in [3.05, 3.63) is 65.5 Å². The van der Waals surface area contributed by atoms with Gasteiger partial charge in [-0.3, -0.25) is 14.5 Å². The molecule has 2 aliphatic heterocycles. The van der Waals surface area contributed by atoms with E-state index >= 15 is 0 Å². The second-order valence-corrected chi connectivity index (χ2v) is 7.21. The molecule has 6 nitrogen and oxygen atoms in total. The van der Waals surface area contributed by atoms with E-state index in [2.05, 4.69) is 5.32 Å². The van der Waals surface area contributed by atoms with Crippen LogP contribution in [-0.2, 0) is 21.5 Å². The zero-order valence-corrected chi connectivity index (χ0v) is 15.4. The van der Waals surface area contributed by atoms with E-state index in [9.17, 15) is 18.8 Å². The normalized spacial score (nSPS) is 21.5. The molecule has 1 unspecified atom stereocenters. The van der Waals surface area contributed by atoms with Gasteiger partial charge in [-0.25, -0.2) is 9.18 Å². The molecule has 0 bridgehead atoms. The molecule has 2 aromatic rings. The number of nitrogens with one attached hydrogen (secondary N) is 1. The van der Waals surface area contributed by atoms with Gasteiger partial charge in [-0.2, -0.15) is 0 Å². The number of benzene rings is 2. The minimum Gasteiger partial charge on any atom is -0.319 e. The van der Waals surface area contributed by atoms with Crippen LogP contribution in [0.1, 0.15) is 24.5 Å². The van der Waals surface area contributed by atoms with Crippen LogP contribution in [0.4, 0.5) is 14.9 Å². The maximum Gasteiger partial charge on any atom is 0.325 e. The zero-order chi connectivity index (χ0) is 19.9. The number of halogens is 1. The predicted octanol–water partition coefficient (Wildman–Crippen LogP) is 2.57. The summed E-state index contributed by atoms with van der Waals surface area (Å²) in [6.07, 6.45) is 1.39. The highest BCUT2D eigenvalue weighted by molar-refractivity contribution is 6.10. The van der Waals surface area contributed by atoms with E-state index in [-0.39, 0.29) is 5.69 Å². The Balaban J connectivity index is 1.58. The first-order valence-corrected chi connectivity index (χ1v) is 9.19. The lowest BCUT2D eigenvalue weighted by Crippen LogP contribution is -2.46. The van der Waals surface area contributed by atoms with E-state index in [1.54, 1.807) is 43.3 Å². The number of aryl methyl sites for hydroxylation is 1. The molecule has 144 valence electrons. The highest BCUT2D eigenvalue weighted by atomic mass is 19.1. The highest BCUT2D eigenvalue weighted by Gasteiger charge is 2.49. The molecule has 2 aromatic carbocycles. The Morgan fingerprint density at radius 2 is 1.89 bits per heavy atom. The number of para-hydroxylation sites is 1. The van der Waals surface area contributed by atoms with Crippen LogP contribution < -0.4 is 10.2 Å². The quantitative estimate of drug-likeness (QED) is 0.831. The average molecular weight is 381 g/mol. The molecular formula is C21H20FN3O3. The molecule has 1 saturated heterocycles. The Labute approximate surface area is 161 Å². The van der Waals surface area contributed by atoms with E-state index < -0.39 is 35.7 Å². The van der Waals surface area contributed by atoms with Crippen molar-refractivity contribution in [2.45, 2.75) is 25.3 Å². The smallest absolute Gasteiger partial charge is 0.319 e. The number of rotatable bonds is 3. The summed E-state index contributed by atoms with van der Waals surface area (Å²) in [7, 11) is 0. The SMILES string of the molecule is CC1(c2ccccc2)NC(=O)N(CC(=O)N2CCCc3cccc(F)c32)C1=O. The monoisotopic (exact) mass is 381 g/mol. The van der Waals surface area contributed by atoms with E-state index in [1.165, 1.54) is 11.0 Å². The number of fused-ring (bicyclic) bond motifs is 1. The summed E-state index contributed by atoms with van der Waals surface area (Å²) >= 11 is 0. The summed E-state index contributed by atoms with van der Waals surface area (Å²) in [5.74, 6) is -1.45. The molecule has 7 heteroatoms. The van der Waals surface area contributed by atoms with Gasteiger partial charge in [-0.15, -0.1) is 0 Å². The van der Waals surface area contributed by atoms with E-state index in [4.69, 9.17) is 0 Å². The van der Waals surface area contributed by atoms with Gasteiger partial charge in [-0.1, -0.05) is 42.5 Å². The molecule has 0 aromatic heterocycles. The Hall–Kier alpha value is -3.22. The Bertz CT molecular complexity index is 963. The number of hydrogen-bond acceptors (Lipinski definition) is 3. The standard InChI is InChI=1S/C21H20FN3O3/c1-21(15-9-3-2-4-10-15)19(27)25(20(28)23-21)13-17(26)24-12-6-8-14-7-5-11-16(22)18(14)24/h2-5,7,9-11H,6,8,12-13H2,1H3,(H,23,28). The third-order valence-electron chi connectivity index (χ3n) is 5.39. The van der Waals surface area contributed by atoms with Gasteiger partial charge < -0.3 is 10.2 Å². The average Bonchev–Trinajstić information content (AvgIpc) is 2.92. The summed E-state index contributed by atoms with van der Waals surface area (Å²) in [6.45, 7) is 1.54. The van der Waals surface area contributed by atoms with Gasteiger partial charge in [-0.05, 0) is 37.0 Å². The highest BCUT2D eigenvalue weighted by Crippen LogP contribution is 2.32. The van der Waals surface area contributed by atoms with Crippen molar-refractivity contribution in [3.63, 3.8) is 0 Å².